The van der Waals surface area contributed by atoms with Crippen LogP contribution in [0.4, 0.5) is 5.13 Å². The van der Waals surface area contributed by atoms with Crippen LogP contribution in [-0.2, 0) is 11.2 Å². The van der Waals surface area contributed by atoms with Crippen molar-refractivity contribution in [3.05, 3.63) is 95.1 Å². The van der Waals surface area contributed by atoms with Crippen molar-refractivity contribution in [3.63, 3.8) is 0 Å². The average Bonchev–Trinajstić information content (AvgIpc) is 3.52. The van der Waals surface area contributed by atoms with Crippen LogP contribution in [-0.4, -0.2) is 21.8 Å². The Labute approximate surface area is 182 Å². The largest absolute Gasteiger partial charge is 0.503 e. The van der Waals surface area contributed by atoms with Gasteiger partial charge in [-0.1, -0.05) is 54.7 Å². The van der Waals surface area contributed by atoms with Crippen LogP contribution in [0.15, 0.2) is 82.7 Å². The molecule has 31 heavy (non-hydrogen) atoms. The highest BCUT2D eigenvalue weighted by Crippen LogP contribution is 2.44. The number of aliphatic hydroxyl groups excluding tert-OH is 1. The first-order valence-corrected chi connectivity index (χ1v) is 10.7. The normalized spacial score (nSPS) is 16.5. The van der Waals surface area contributed by atoms with Gasteiger partial charge < -0.3 is 9.52 Å². The lowest BCUT2D eigenvalue weighted by atomic mass is 9.96. The predicted octanol–water partition coefficient (Wildman–Crippen LogP) is 5.23. The molecule has 3 heterocycles. The van der Waals surface area contributed by atoms with E-state index in [9.17, 15) is 14.7 Å². The number of aromatic nitrogens is 1. The minimum Gasteiger partial charge on any atom is -0.503 e. The lowest BCUT2D eigenvalue weighted by Crippen LogP contribution is -2.30. The molecule has 4 aromatic rings. The number of anilines is 1. The van der Waals surface area contributed by atoms with E-state index in [1.54, 1.807) is 42.5 Å². The average molecular weight is 430 g/mol. The van der Waals surface area contributed by atoms with E-state index in [2.05, 4.69) is 11.9 Å². The molecule has 5 rings (SSSR count). The molecule has 1 aliphatic heterocycles. The number of benzene rings is 2. The van der Waals surface area contributed by atoms with Gasteiger partial charge in [-0.15, -0.1) is 0 Å². The van der Waals surface area contributed by atoms with E-state index >= 15 is 0 Å². The number of Topliss-reactive ketones (excluding diaryl/α,β-unsaturated/α-hetero) is 1. The summed E-state index contributed by atoms with van der Waals surface area (Å²) in [6, 6.07) is 17.0. The molecular weight excluding hydrogens is 412 g/mol. The number of amides is 1. The Hall–Kier alpha value is -3.71. The van der Waals surface area contributed by atoms with Gasteiger partial charge in [-0.25, -0.2) is 4.98 Å². The number of carbonyl (C=O) groups is 2. The van der Waals surface area contributed by atoms with E-state index in [1.807, 2.05) is 18.2 Å². The van der Waals surface area contributed by atoms with Crippen LogP contribution in [0.2, 0.25) is 0 Å². The van der Waals surface area contributed by atoms with Gasteiger partial charge in [0.2, 0.25) is 0 Å². The summed E-state index contributed by atoms with van der Waals surface area (Å²) >= 11 is 1.34. The molecule has 0 fully saturated rings. The number of thiazole rings is 1. The number of hydrogen-bond donors (Lipinski definition) is 1. The molecular formula is C24H18N2O4S. The maximum Gasteiger partial charge on any atom is 0.296 e. The number of fused-ring (bicyclic) bond motifs is 1. The van der Waals surface area contributed by atoms with Crippen LogP contribution in [0.1, 0.15) is 34.6 Å². The van der Waals surface area contributed by atoms with E-state index in [0.29, 0.717) is 16.5 Å². The number of furan rings is 1. The fourth-order valence-electron chi connectivity index (χ4n) is 3.78. The van der Waals surface area contributed by atoms with E-state index in [4.69, 9.17) is 4.42 Å². The Morgan fingerprint density at radius 1 is 1.16 bits per heavy atom. The van der Waals surface area contributed by atoms with Gasteiger partial charge in [0.25, 0.3) is 5.91 Å². The second kappa shape index (κ2) is 7.52. The number of aryl methyl sites for hydroxylation is 1. The monoisotopic (exact) mass is 430 g/mol. The molecule has 0 saturated heterocycles. The van der Waals surface area contributed by atoms with Crippen LogP contribution in [0.5, 0.6) is 0 Å². The third-order valence-electron chi connectivity index (χ3n) is 5.36. The van der Waals surface area contributed by atoms with Gasteiger partial charge in [-0.05, 0) is 36.2 Å². The first-order chi connectivity index (χ1) is 15.1. The molecule has 1 atom stereocenters. The quantitative estimate of drug-likeness (QED) is 0.438. The fourth-order valence-corrected chi connectivity index (χ4v) is 4.83. The maximum absolute atomic E-state index is 13.3. The van der Waals surface area contributed by atoms with Crippen LogP contribution in [0.3, 0.4) is 0 Å². The molecule has 1 amide bonds. The summed E-state index contributed by atoms with van der Waals surface area (Å²) in [5, 5.41) is 11.2. The molecule has 1 unspecified atom stereocenters. The summed E-state index contributed by atoms with van der Waals surface area (Å²) in [5.74, 6) is -1.30. The van der Waals surface area contributed by atoms with Gasteiger partial charge in [0.05, 0.1) is 22.1 Å². The molecule has 1 aliphatic rings. The van der Waals surface area contributed by atoms with Gasteiger partial charge in [0.1, 0.15) is 11.8 Å². The standard InChI is InChI=1S/C24H18N2O4S/c1-2-14-10-11-16-18(13-14)31-24(25-16)26-20(17-9-6-12-30-17)19(22(28)23(26)29)21(27)15-7-4-3-5-8-15/h3-13,20,28H,2H2,1H3. The van der Waals surface area contributed by atoms with Crippen molar-refractivity contribution in [2.75, 3.05) is 4.90 Å². The van der Waals surface area contributed by atoms with Crippen LogP contribution >= 0.6 is 11.3 Å². The molecule has 2 aromatic carbocycles. The van der Waals surface area contributed by atoms with Crippen molar-refractivity contribution in [1.82, 2.24) is 4.98 Å². The topological polar surface area (TPSA) is 83.6 Å². The van der Waals surface area contributed by atoms with E-state index in [0.717, 1.165) is 16.6 Å². The van der Waals surface area contributed by atoms with Gasteiger partial charge in [-0.2, -0.15) is 0 Å². The minimum atomic E-state index is -0.901. The minimum absolute atomic E-state index is 0.0142. The number of aliphatic hydroxyl groups is 1. The molecule has 0 spiro atoms. The second-order valence-corrected chi connectivity index (χ2v) is 8.21. The highest BCUT2D eigenvalue weighted by atomic mass is 32.1. The highest BCUT2D eigenvalue weighted by Gasteiger charge is 2.47. The van der Waals surface area contributed by atoms with E-state index in [-0.39, 0.29) is 5.57 Å². The summed E-state index contributed by atoms with van der Waals surface area (Å²) in [5.41, 5.74) is 2.29. The third-order valence-corrected chi connectivity index (χ3v) is 6.37. The summed E-state index contributed by atoms with van der Waals surface area (Å²) in [6.45, 7) is 2.07. The Balaban J connectivity index is 1.65. The van der Waals surface area contributed by atoms with Crippen LogP contribution in [0, 0.1) is 0 Å². The van der Waals surface area contributed by atoms with Crippen molar-refractivity contribution < 1.29 is 19.1 Å². The second-order valence-electron chi connectivity index (χ2n) is 7.20. The smallest absolute Gasteiger partial charge is 0.296 e. The van der Waals surface area contributed by atoms with Crippen LogP contribution < -0.4 is 4.90 Å². The Morgan fingerprint density at radius 3 is 2.68 bits per heavy atom. The van der Waals surface area contributed by atoms with Crippen molar-refractivity contribution in [2.24, 2.45) is 0 Å². The van der Waals surface area contributed by atoms with Gasteiger partial charge in [0, 0.05) is 5.56 Å². The predicted molar refractivity (Wildman–Crippen MR) is 118 cm³/mol. The summed E-state index contributed by atoms with van der Waals surface area (Å²) in [6.07, 6.45) is 2.36. The zero-order valence-electron chi connectivity index (χ0n) is 16.6. The number of nitrogens with zero attached hydrogens (tertiary/aromatic N) is 2. The summed E-state index contributed by atoms with van der Waals surface area (Å²) in [4.78, 5) is 32.4. The molecule has 2 aromatic heterocycles. The Morgan fingerprint density at radius 2 is 1.97 bits per heavy atom. The molecule has 0 radical (unpaired) electrons. The molecule has 154 valence electrons. The molecule has 0 bridgehead atoms. The summed E-state index contributed by atoms with van der Waals surface area (Å²) < 4.78 is 6.51. The fraction of sp³-hybridized carbons (Fsp3) is 0.125. The lowest BCUT2D eigenvalue weighted by molar-refractivity contribution is -0.117. The first-order valence-electron chi connectivity index (χ1n) is 9.87. The molecule has 0 aliphatic carbocycles. The van der Waals surface area contributed by atoms with E-state index in [1.165, 1.54) is 28.1 Å². The zero-order valence-corrected chi connectivity index (χ0v) is 17.4. The van der Waals surface area contributed by atoms with Crippen LogP contribution in [0.25, 0.3) is 10.2 Å². The van der Waals surface area contributed by atoms with Gasteiger partial charge >= 0.3 is 0 Å². The van der Waals surface area contributed by atoms with Gasteiger partial charge in [0.15, 0.2) is 16.7 Å². The van der Waals surface area contributed by atoms with Gasteiger partial charge in [-0.3, -0.25) is 14.5 Å². The van der Waals surface area contributed by atoms with Crippen molar-refractivity contribution in [3.8, 4) is 0 Å². The highest BCUT2D eigenvalue weighted by molar-refractivity contribution is 7.22. The number of ketones is 1. The Bertz CT molecular complexity index is 1320. The van der Waals surface area contributed by atoms with E-state index < -0.39 is 23.5 Å². The molecule has 7 heteroatoms. The molecule has 1 N–H and O–H groups in total. The maximum atomic E-state index is 13.3. The van der Waals surface area contributed by atoms with Crippen molar-refractivity contribution in [2.45, 2.75) is 19.4 Å². The molecule has 0 saturated carbocycles. The van der Waals surface area contributed by atoms with Crippen molar-refractivity contribution in [1.29, 1.82) is 0 Å². The third kappa shape index (κ3) is 3.14. The molecule has 6 nitrogen and oxygen atoms in total. The number of carbonyl (C=O) groups excluding carboxylic acids is 2. The zero-order chi connectivity index (χ0) is 21.5. The SMILES string of the molecule is CCc1ccc2nc(N3C(=O)C(O)=C(C(=O)c4ccccc4)C3c3ccco3)sc2c1. The van der Waals surface area contributed by atoms with Crippen molar-refractivity contribution >= 4 is 38.4 Å². The summed E-state index contributed by atoms with van der Waals surface area (Å²) in [7, 11) is 0. The Kier molecular flexibility index (Phi) is 4.67. The lowest BCUT2D eigenvalue weighted by Gasteiger charge is -2.22. The number of hydrogen-bond acceptors (Lipinski definition) is 6. The number of rotatable bonds is 5. The first kappa shape index (κ1) is 19.3.